The third-order valence-corrected chi connectivity index (χ3v) is 4.87. The summed E-state index contributed by atoms with van der Waals surface area (Å²) in [5.41, 5.74) is -1.52. The minimum atomic E-state index is -4.79. The monoisotopic (exact) mass is 501 g/mol. The zero-order valence-electron chi connectivity index (χ0n) is 17.7. The second-order valence-corrected chi connectivity index (χ2v) is 7.50. The lowest BCUT2D eigenvalue weighted by Gasteiger charge is -2.12. The number of rotatable bonds is 7. The van der Waals surface area contributed by atoms with Gasteiger partial charge < -0.3 is 10.1 Å². The number of hydrogen-bond acceptors (Lipinski definition) is 5. The molecule has 0 spiro atoms. The van der Waals surface area contributed by atoms with Crippen molar-refractivity contribution in [2.45, 2.75) is 12.7 Å². The van der Waals surface area contributed by atoms with Crippen molar-refractivity contribution in [3.05, 3.63) is 104 Å². The van der Waals surface area contributed by atoms with Crippen molar-refractivity contribution in [3.8, 4) is 17.6 Å². The Morgan fingerprint density at radius 1 is 1.11 bits per heavy atom. The maximum Gasteiger partial charge on any atom is 0.416 e. The Kier molecular flexibility index (Phi) is 7.73. The molecule has 1 N–H and O–H groups in total. The molecule has 1 amide bonds. The average Bonchev–Trinajstić information content (AvgIpc) is 2.82. The summed E-state index contributed by atoms with van der Waals surface area (Å²) in [4.78, 5) is 22.9. The van der Waals surface area contributed by atoms with Crippen molar-refractivity contribution in [1.82, 2.24) is 5.32 Å². The number of halogens is 4. The van der Waals surface area contributed by atoms with Crippen LogP contribution in [0.5, 0.6) is 11.5 Å². The molecule has 0 fully saturated rings. The van der Waals surface area contributed by atoms with Gasteiger partial charge in [0.25, 0.3) is 5.91 Å². The quantitative estimate of drug-likeness (QED) is 0.177. The van der Waals surface area contributed by atoms with E-state index in [1.165, 1.54) is 18.2 Å². The number of nitrogens with zero attached hydrogens (tertiary/aromatic N) is 2. The molecule has 3 rings (SSSR count). The van der Waals surface area contributed by atoms with Crippen LogP contribution >= 0.6 is 11.6 Å². The Morgan fingerprint density at radius 3 is 2.43 bits per heavy atom. The summed E-state index contributed by atoms with van der Waals surface area (Å²) < 4.78 is 44.4. The van der Waals surface area contributed by atoms with Crippen molar-refractivity contribution in [2.75, 3.05) is 0 Å². The number of carbonyl (C=O) groups excluding carboxylic acids is 1. The highest BCUT2D eigenvalue weighted by Crippen LogP contribution is 2.39. The first-order chi connectivity index (χ1) is 16.6. The third kappa shape index (κ3) is 6.59. The van der Waals surface area contributed by atoms with Gasteiger partial charge in [-0.1, -0.05) is 41.9 Å². The Labute approximate surface area is 202 Å². The van der Waals surface area contributed by atoms with Gasteiger partial charge in [0.15, 0.2) is 0 Å². The number of amides is 1. The number of alkyl halides is 3. The largest absolute Gasteiger partial charge is 0.449 e. The van der Waals surface area contributed by atoms with E-state index < -0.39 is 34.0 Å². The molecule has 0 aliphatic heterocycles. The van der Waals surface area contributed by atoms with Gasteiger partial charge in [0.1, 0.15) is 17.4 Å². The molecule has 0 radical (unpaired) electrons. The second-order valence-electron chi connectivity index (χ2n) is 7.06. The molecule has 0 saturated carbocycles. The molecule has 0 aliphatic carbocycles. The van der Waals surface area contributed by atoms with Gasteiger partial charge in [0.05, 0.1) is 10.5 Å². The van der Waals surface area contributed by atoms with Crippen LogP contribution in [0.25, 0.3) is 6.08 Å². The summed E-state index contributed by atoms with van der Waals surface area (Å²) in [5, 5.41) is 23.6. The smallest absolute Gasteiger partial charge is 0.416 e. The molecule has 0 aromatic heterocycles. The Hall–Kier alpha value is -4.36. The van der Waals surface area contributed by atoms with E-state index in [1.807, 2.05) is 6.07 Å². The minimum absolute atomic E-state index is 0.0686. The summed E-state index contributed by atoms with van der Waals surface area (Å²) in [5.74, 6) is -1.23. The molecule has 0 bridgehead atoms. The molecule has 0 saturated heterocycles. The fourth-order valence-electron chi connectivity index (χ4n) is 2.94. The standard InChI is InChI=1S/C24H15ClF3N3O4/c25-19-7-9-21(35-22-8-6-18(24(26,27)28)12-20(22)31(33)34)16(11-19)10-17(13-29)23(32)30-14-15-4-2-1-3-5-15/h1-12H,14H2,(H,30,32)/b17-10+. The molecule has 3 aromatic rings. The molecule has 0 aliphatic rings. The van der Waals surface area contributed by atoms with Crippen molar-refractivity contribution in [3.63, 3.8) is 0 Å². The molecular formula is C24H15ClF3N3O4. The highest BCUT2D eigenvalue weighted by molar-refractivity contribution is 6.30. The molecule has 7 nitrogen and oxygen atoms in total. The van der Waals surface area contributed by atoms with E-state index in [0.29, 0.717) is 12.1 Å². The molecule has 0 heterocycles. The fraction of sp³-hybridized carbons (Fsp3) is 0.0833. The predicted molar refractivity (Wildman–Crippen MR) is 122 cm³/mol. The van der Waals surface area contributed by atoms with Gasteiger partial charge in [-0.15, -0.1) is 0 Å². The molecular weight excluding hydrogens is 487 g/mol. The molecule has 11 heteroatoms. The zero-order chi connectivity index (χ0) is 25.6. The molecule has 0 unspecified atom stereocenters. The van der Waals surface area contributed by atoms with Gasteiger partial charge in [-0.3, -0.25) is 14.9 Å². The fourth-order valence-corrected chi connectivity index (χ4v) is 3.12. The predicted octanol–water partition coefficient (Wildman–Crippen LogP) is 6.28. The number of ether oxygens (including phenoxy) is 1. The lowest BCUT2D eigenvalue weighted by Crippen LogP contribution is -2.23. The van der Waals surface area contributed by atoms with Crippen LogP contribution in [0.4, 0.5) is 18.9 Å². The maximum atomic E-state index is 13.0. The van der Waals surface area contributed by atoms with Crippen LogP contribution in [0.3, 0.4) is 0 Å². The van der Waals surface area contributed by atoms with Crippen LogP contribution in [0, 0.1) is 21.4 Å². The van der Waals surface area contributed by atoms with Crippen molar-refractivity contribution < 1.29 is 27.6 Å². The van der Waals surface area contributed by atoms with Crippen LogP contribution in [-0.2, 0) is 17.5 Å². The maximum absolute atomic E-state index is 13.0. The second kappa shape index (κ2) is 10.7. The summed E-state index contributed by atoms with van der Waals surface area (Å²) in [7, 11) is 0. The summed E-state index contributed by atoms with van der Waals surface area (Å²) in [6.07, 6.45) is -3.62. The first kappa shape index (κ1) is 25.3. The number of nitro benzene ring substituents is 1. The number of hydrogen-bond donors (Lipinski definition) is 1. The molecule has 0 atom stereocenters. The van der Waals surface area contributed by atoms with Crippen LogP contribution in [0.15, 0.2) is 72.3 Å². The van der Waals surface area contributed by atoms with Gasteiger partial charge in [0, 0.05) is 23.2 Å². The van der Waals surface area contributed by atoms with Gasteiger partial charge in [-0.25, -0.2) is 0 Å². The summed E-state index contributed by atoms with van der Waals surface area (Å²) >= 11 is 6.02. The topological polar surface area (TPSA) is 105 Å². The van der Waals surface area contributed by atoms with Crippen molar-refractivity contribution in [1.29, 1.82) is 5.26 Å². The first-order valence-corrected chi connectivity index (χ1v) is 10.2. The van der Waals surface area contributed by atoms with Gasteiger partial charge in [-0.2, -0.15) is 18.4 Å². The highest BCUT2D eigenvalue weighted by Gasteiger charge is 2.33. The summed E-state index contributed by atoms with van der Waals surface area (Å²) in [6, 6.07) is 16.6. The van der Waals surface area contributed by atoms with Gasteiger partial charge in [0.2, 0.25) is 5.75 Å². The van der Waals surface area contributed by atoms with Crippen LogP contribution in [-0.4, -0.2) is 10.8 Å². The van der Waals surface area contributed by atoms with Crippen molar-refractivity contribution in [2.24, 2.45) is 0 Å². The van der Waals surface area contributed by atoms with E-state index in [1.54, 1.807) is 30.3 Å². The number of nitrogens with one attached hydrogen (secondary N) is 1. The number of nitro groups is 1. The van der Waals surface area contributed by atoms with E-state index in [2.05, 4.69) is 5.32 Å². The van der Waals surface area contributed by atoms with Crippen LogP contribution in [0.1, 0.15) is 16.7 Å². The first-order valence-electron chi connectivity index (χ1n) is 9.85. The normalized spacial score (nSPS) is 11.5. The Balaban J connectivity index is 1.93. The number of carbonyl (C=O) groups is 1. The average molecular weight is 502 g/mol. The SMILES string of the molecule is N#C/C(=C\c1cc(Cl)ccc1Oc1ccc(C(F)(F)F)cc1[N+](=O)[O-])C(=O)NCc1ccccc1. The van der Waals surface area contributed by atoms with E-state index in [9.17, 15) is 33.3 Å². The van der Waals surface area contributed by atoms with E-state index in [0.717, 1.165) is 17.7 Å². The Morgan fingerprint density at radius 2 is 1.80 bits per heavy atom. The Bertz CT molecular complexity index is 1340. The number of nitriles is 1. The lowest BCUT2D eigenvalue weighted by molar-refractivity contribution is -0.385. The zero-order valence-corrected chi connectivity index (χ0v) is 18.4. The van der Waals surface area contributed by atoms with E-state index >= 15 is 0 Å². The summed E-state index contributed by atoms with van der Waals surface area (Å²) in [6.45, 7) is 0.162. The molecule has 35 heavy (non-hydrogen) atoms. The molecule has 178 valence electrons. The third-order valence-electron chi connectivity index (χ3n) is 4.64. The molecule has 3 aromatic carbocycles. The highest BCUT2D eigenvalue weighted by atomic mass is 35.5. The minimum Gasteiger partial charge on any atom is -0.449 e. The van der Waals surface area contributed by atoms with Crippen LogP contribution < -0.4 is 10.1 Å². The van der Waals surface area contributed by atoms with Crippen LogP contribution in [0.2, 0.25) is 5.02 Å². The van der Waals surface area contributed by atoms with E-state index in [-0.39, 0.29) is 28.5 Å². The van der Waals surface area contributed by atoms with Crippen molar-refractivity contribution >= 4 is 29.3 Å². The van der Waals surface area contributed by atoms with Gasteiger partial charge >= 0.3 is 11.9 Å². The number of benzene rings is 3. The lowest BCUT2D eigenvalue weighted by atomic mass is 10.1. The van der Waals surface area contributed by atoms with Gasteiger partial charge in [-0.05, 0) is 42.0 Å². The van der Waals surface area contributed by atoms with E-state index in [4.69, 9.17) is 16.3 Å².